The van der Waals surface area contributed by atoms with Crippen LogP contribution in [0.1, 0.15) is 22.1 Å². The molecular weight excluding hydrogens is 308 g/mol. The Balaban J connectivity index is 2.55. The molecule has 0 N–H and O–H groups in total. The van der Waals surface area contributed by atoms with Gasteiger partial charge in [-0.1, -0.05) is 0 Å². The van der Waals surface area contributed by atoms with E-state index in [1.54, 1.807) is 0 Å². The molecule has 0 aromatic heterocycles. The molecule has 1 unspecified atom stereocenters. The zero-order valence-electron chi connectivity index (χ0n) is 11.2. The van der Waals surface area contributed by atoms with Crippen molar-refractivity contribution >= 4 is 11.6 Å². The Hall–Kier alpha value is -1.75. The predicted octanol–water partition coefficient (Wildman–Crippen LogP) is 4.89. The van der Waals surface area contributed by atoms with Crippen molar-refractivity contribution in [3.05, 3.63) is 64.2 Å². The number of rotatable bonds is 3. The van der Waals surface area contributed by atoms with Crippen LogP contribution in [-0.4, -0.2) is 7.11 Å². The van der Waals surface area contributed by atoms with Crippen LogP contribution < -0.4 is 4.74 Å². The number of methoxy groups -OCH3 is 1. The summed E-state index contributed by atoms with van der Waals surface area (Å²) in [4.78, 5) is 0. The van der Waals surface area contributed by atoms with Gasteiger partial charge >= 0.3 is 0 Å². The van der Waals surface area contributed by atoms with Gasteiger partial charge in [-0.3, -0.25) is 0 Å². The van der Waals surface area contributed by atoms with Crippen molar-refractivity contribution in [2.75, 3.05) is 7.11 Å². The first-order valence-electron chi connectivity index (χ1n) is 5.97. The van der Waals surface area contributed by atoms with Crippen molar-refractivity contribution in [2.45, 2.75) is 12.3 Å². The highest BCUT2D eigenvalue weighted by molar-refractivity contribution is 6.22. The third kappa shape index (κ3) is 2.97. The SMILES string of the molecule is COc1cc(F)c(C(Cl)c2cc(C)c(F)cc2F)c(F)c1. The number of alkyl halides is 1. The highest BCUT2D eigenvalue weighted by Crippen LogP contribution is 2.36. The molecule has 21 heavy (non-hydrogen) atoms. The van der Waals surface area contributed by atoms with Crippen molar-refractivity contribution in [1.29, 1.82) is 0 Å². The summed E-state index contributed by atoms with van der Waals surface area (Å²) in [6, 6.07) is 3.66. The Morgan fingerprint density at radius 1 is 0.905 bits per heavy atom. The number of aryl methyl sites for hydroxylation is 1. The molecule has 1 atom stereocenters. The van der Waals surface area contributed by atoms with Gasteiger partial charge < -0.3 is 4.74 Å². The normalized spacial score (nSPS) is 12.3. The molecule has 0 aliphatic heterocycles. The lowest BCUT2D eigenvalue weighted by Gasteiger charge is -2.15. The van der Waals surface area contributed by atoms with E-state index >= 15 is 0 Å². The van der Waals surface area contributed by atoms with Crippen LogP contribution in [0, 0.1) is 30.2 Å². The fourth-order valence-corrected chi connectivity index (χ4v) is 2.33. The first-order valence-corrected chi connectivity index (χ1v) is 6.41. The maximum atomic E-state index is 13.9. The highest BCUT2D eigenvalue weighted by atomic mass is 35.5. The van der Waals surface area contributed by atoms with E-state index in [4.69, 9.17) is 16.3 Å². The third-order valence-electron chi connectivity index (χ3n) is 3.09. The lowest BCUT2D eigenvalue weighted by atomic mass is 10.0. The van der Waals surface area contributed by atoms with Gasteiger partial charge in [-0.25, -0.2) is 17.6 Å². The minimum atomic E-state index is -1.42. The fourth-order valence-electron chi connectivity index (χ4n) is 1.95. The lowest BCUT2D eigenvalue weighted by molar-refractivity contribution is 0.405. The van der Waals surface area contributed by atoms with Crippen LogP contribution in [0.3, 0.4) is 0 Å². The van der Waals surface area contributed by atoms with E-state index in [2.05, 4.69) is 0 Å². The van der Waals surface area contributed by atoms with Crippen LogP contribution in [0.2, 0.25) is 0 Å². The molecule has 2 rings (SSSR count). The first kappa shape index (κ1) is 15.6. The molecule has 0 saturated heterocycles. The summed E-state index contributed by atoms with van der Waals surface area (Å²) in [6.45, 7) is 1.41. The van der Waals surface area contributed by atoms with E-state index in [9.17, 15) is 17.6 Å². The van der Waals surface area contributed by atoms with Gasteiger partial charge in [0.25, 0.3) is 0 Å². The molecule has 2 aromatic rings. The second kappa shape index (κ2) is 5.93. The molecule has 6 heteroatoms. The van der Waals surface area contributed by atoms with Crippen molar-refractivity contribution in [1.82, 2.24) is 0 Å². The van der Waals surface area contributed by atoms with Crippen LogP contribution in [-0.2, 0) is 0 Å². The molecule has 0 aliphatic carbocycles. The van der Waals surface area contributed by atoms with Gasteiger partial charge in [0, 0.05) is 29.3 Å². The van der Waals surface area contributed by atoms with E-state index in [-0.39, 0.29) is 16.9 Å². The summed E-state index contributed by atoms with van der Waals surface area (Å²) in [6.07, 6.45) is 0. The van der Waals surface area contributed by atoms with Crippen LogP contribution in [0.15, 0.2) is 24.3 Å². The Bertz CT molecular complexity index is 665. The van der Waals surface area contributed by atoms with E-state index < -0.39 is 34.2 Å². The lowest BCUT2D eigenvalue weighted by Crippen LogP contribution is -2.05. The number of ether oxygens (including phenoxy) is 1. The maximum Gasteiger partial charge on any atom is 0.134 e. The molecule has 0 heterocycles. The second-order valence-electron chi connectivity index (χ2n) is 4.49. The number of hydrogen-bond donors (Lipinski definition) is 0. The molecular formula is C15H11ClF4O. The van der Waals surface area contributed by atoms with Crippen molar-refractivity contribution in [2.24, 2.45) is 0 Å². The van der Waals surface area contributed by atoms with E-state index in [1.165, 1.54) is 14.0 Å². The average molecular weight is 319 g/mol. The summed E-state index contributed by atoms with van der Waals surface area (Å²) in [7, 11) is 1.26. The number of halogens is 5. The van der Waals surface area contributed by atoms with Gasteiger partial charge in [0.1, 0.15) is 29.0 Å². The molecule has 2 aromatic carbocycles. The largest absolute Gasteiger partial charge is 0.497 e. The molecule has 0 fully saturated rings. The van der Waals surface area contributed by atoms with Crippen molar-refractivity contribution in [3.8, 4) is 5.75 Å². The van der Waals surface area contributed by atoms with E-state index in [0.717, 1.165) is 18.2 Å². The third-order valence-corrected chi connectivity index (χ3v) is 3.55. The van der Waals surface area contributed by atoms with Gasteiger partial charge in [-0.15, -0.1) is 11.6 Å². The number of benzene rings is 2. The van der Waals surface area contributed by atoms with Gasteiger partial charge in [0.2, 0.25) is 0 Å². The Kier molecular flexibility index (Phi) is 4.42. The van der Waals surface area contributed by atoms with Crippen LogP contribution in [0.25, 0.3) is 0 Å². The second-order valence-corrected chi connectivity index (χ2v) is 4.93. The monoisotopic (exact) mass is 318 g/mol. The van der Waals surface area contributed by atoms with Gasteiger partial charge in [-0.2, -0.15) is 0 Å². The zero-order chi connectivity index (χ0) is 15.7. The summed E-state index contributed by atoms with van der Waals surface area (Å²) < 4.78 is 59.6. The van der Waals surface area contributed by atoms with Gasteiger partial charge in [0.15, 0.2) is 0 Å². The summed E-state index contributed by atoms with van der Waals surface area (Å²) in [5, 5.41) is -1.42. The minimum Gasteiger partial charge on any atom is -0.497 e. The molecule has 0 radical (unpaired) electrons. The maximum absolute atomic E-state index is 13.9. The van der Waals surface area contributed by atoms with Crippen LogP contribution in [0.5, 0.6) is 5.75 Å². The standard InChI is InChI=1S/C15H11ClF4O/c1-7-3-9(11(18)6-10(7)17)15(16)14-12(19)4-8(21-2)5-13(14)20/h3-6,15H,1-2H3. The van der Waals surface area contributed by atoms with Crippen LogP contribution in [0.4, 0.5) is 17.6 Å². The topological polar surface area (TPSA) is 9.23 Å². The Labute approximate surface area is 124 Å². The highest BCUT2D eigenvalue weighted by Gasteiger charge is 2.24. The minimum absolute atomic E-state index is 0.0200. The molecule has 112 valence electrons. The van der Waals surface area contributed by atoms with E-state index in [0.29, 0.717) is 6.07 Å². The molecule has 0 spiro atoms. The number of hydrogen-bond acceptors (Lipinski definition) is 1. The molecule has 1 nitrogen and oxygen atoms in total. The molecule has 0 aliphatic rings. The Morgan fingerprint density at radius 3 is 2.00 bits per heavy atom. The molecule has 0 saturated carbocycles. The fraction of sp³-hybridized carbons (Fsp3) is 0.200. The van der Waals surface area contributed by atoms with Crippen molar-refractivity contribution < 1.29 is 22.3 Å². The summed E-state index contributed by atoms with van der Waals surface area (Å²) >= 11 is 5.98. The van der Waals surface area contributed by atoms with Gasteiger partial charge in [0.05, 0.1) is 12.5 Å². The van der Waals surface area contributed by atoms with E-state index in [1.807, 2.05) is 0 Å². The average Bonchev–Trinajstić information content (AvgIpc) is 2.41. The van der Waals surface area contributed by atoms with Crippen LogP contribution >= 0.6 is 11.6 Å². The van der Waals surface area contributed by atoms with Gasteiger partial charge in [-0.05, 0) is 18.6 Å². The predicted molar refractivity (Wildman–Crippen MR) is 71.7 cm³/mol. The zero-order valence-corrected chi connectivity index (χ0v) is 11.9. The molecule has 0 amide bonds. The quantitative estimate of drug-likeness (QED) is 0.578. The molecule has 0 bridgehead atoms. The first-order chi connectivity index (χ1) is 9.85. The Morgan fingerprint density at radius 2 is 1.48 bits per heavy atom. The summed E-state index contributed by atoms with van der Waals surface area (Å²) in [5.41, 5.74) is -0.577. The summed E-state index contributed by atoms with van der Waals surface area (Å²) in [5.74, 6) is -3.67. The smallest absolute Gasteiger partial charge is 0.134 e. The van der Waals surface area contributed by atoms with Crippen molar-refractivity contribution in [3.63, 3.8) is 0 Å².